The highest BCUT2D eigenvalue weighted by Crippen LogP contribution is 2.43. The topological polar surface area (TPSA) is 181 Å². The van der Waals surface area contributed by atoms with Gasteiger partial charge in [0.15, 0.2) is 11.0 Å². The summed E-state index contributed by atoms with van der Waals surface area (Å²) in [5.41, 5.74) is -0.813. The normalized spacial score (nSPS) is 26.3. The molecule has 7 N–H and O–H groups in total. The molecule has 0 aliphatic carbocycles. The monoisotopic (exact) mass is 432 g/mol. The van der Waals surface area contributed by atoms with Crippen LogP contribution in [0.1, 0.15) is 11.7 Å². The van der Waals surface area contributed by atoms with Gasteiger partial charge in [0, 0.05) is 17.7 Å². The van der Waals surface area contributed by atoms with Gasteiger partial charge in [-0.3, -0.25) is 4.79 Å². The molecule has 0 bridgehead atoms. The molecule has 0 spiro atoms. The Morgan fingerprint density at radius 2 is 1.55 bits per heavy atom. The van der Waals surface area contributed by atoms with E-state index in [1.165, 1.54) is 24.3 Å². The van der Waals surface area contributed by atoms with Crippen molar-refractivity contribution in [3.63, 3.8) is 0 Å². The van der Waals surface area contributed by atoms with Crippen molar-refractivity contribution in [3.8, 4) is 28.6 Å². The molecule has 1 saturated heterocycles. The second kappa shape index (κ2) is 7.84. The molecule has 2 aromatic carbocycles. The molecule has 1 aromatic heterocycles. The molecule has 1 aliphatic heterocycles. The third kappa shape index (κ3) is 3.50. The fourth-order valence-electron chi connectivity index (χ4n) is 3.70. The number of phenolic OH excluding ortho intramolecular Hbond substituents is 3. The quantitative estimate of drug-likeness (QED) is 0.300. The van der Waals surface area contributed by atoms with Gasteiger partial charge in [0.05, 0.1) is 12.2 Å². The predicted octanol–water partition coefficient (Wildman–Crippen LogP) is 0.0917. The summed E-state index contributed by atoms with van der Waals surface area (Å²) >= 11 is 0. The maximum absolute atomic E-state index is 12.7. The fourth-order valence-corrected chi connectivity index (χ4v) is 3.70. The highest BCUT2D eigenvalue weighted by Gasteiger charge is 2.46. The van der Waals surface area contributed by atoms with Gasteiger partial charge < -0.3 is 44.9 Å². The van der Waals surface area contributed by atoms with Crippen LogP contribution in [-0.4, -0.2) is 66.8 Å². The Morgan fingerprint density at radius 3 is 2.19 bits per heavy atom. The van der Waals surface area contributed by atoms with E-state index in [-0.39, 0.29) is 28.0 Å². The Bertz CT molecular complexity index is 1170. The van der Waals surface area contributed by atoms with Crippen molar-refractivity contribution in [1.82, 2.24) is 0 Å². The third-order valence-corrected chi connectivity index (χ3v) is 5.33. The maximum Gasteiger partial charge on any atom is 0.197 e. The molecular formula is C21H20O10. The molecule has 4 rings (SSSR count). The van der Waals surface area contributed by atoms with E-state index < -0.39 is 54.1 Å². The summed E-state index contributed by atoms with van der Waals surface area (Å²) in [5, 5.41) is 70.0. The molecule has 0 amide bonds. The Morgan fingerprint density at radius 1 is 0.871 bits per heavy atom. The third-order valence-electron chi connectivity index (χ3n) is 5.33. The highest BCUT2D eigenvalue weighted by atomic mass is 16.5. The molecular weight excluding hydrogens is 412 g/mol. The maximum atomic E-state index is 12.7. The summed E-state index contributed by atoms with van der Waals surface area (Å²) in [7, 11) is 0. The summed E-state index contributed by atoms with van der Waals surface area (Å²) in [4.78, 5) is 12.7. The number of aliphatic hydroxyl groups excluding tert-OH is 4. The molecule has 31 heavy (non-hydrogen) atoms. The van der Waals surface area contributed by atoms with Gasteiger partial charge in [-0.15, -0.1) is 0 Å². The number of aliphatic hydroxyl groups is 4. The number of hydrogen-bond acceptors (Lipinski definition) is 10. The van der Waals surface area contributed by atoms with E-state index in [0.717, 1.165) is 12.1 Å². The molecule has 0 saturated carbocycles. The zero-order valence-corrected chi connectivity index (χ0v) is 15.9. The average Bonchev–Trinajstić information content (AvgIpc) is 2.73. The number of ether oxygens (including phenoxy) is 1. The minimum atomic E-state index is -1.75. The van der Waals surface area contributed by atoms with Crippen molar-refractivity contribution in [2.75, 3.05) is 6.61 Å². The van der Waals surface area contributed by atoms with Crippen molar-refractivity contribution in [3.05, 3.63) is 52.2 Å². The van der Waals surface area contributed by atoms with E-state index in [9.17, 15) is 40.5 Å². The first-order valence-electron chi connectivity index (χ1n) is 9.35. The van der Waals surface area contributed by atoms with Gasteiger partial charge in [0.25, 0.3) is 0 Å². The van der Waals surface area contributed by atoms with Gasteiger partial charge in [0.1, 0.15) is 58.9 Å². The molecule has 10 nitrogen and oxygen atoms in total. The van der Waals surface area contributed by atoms with Gasteiger partial charge in [0.2, 0.25) is 0 Å². The van der Waals surface area contributed by atoms with Crippen molar-refractivity contribution in [2.24, 2.45) is 0 Å². The van der Waals surface area contributed by atoms with Crippen LogP contribution < -0.4 is 5.43 Å². The van der Waals surface area contributed by atoms with E-state index >= 15 is 0 Å². The van der Waals surface area contributed by atoms with Crippen molar-refractivity contribution in [1.29, 1.82) is 0 Å². The molecule has 10 heteroatoms. The van der Waals surface area contributed by atoms with E-state index in [1.807, 2.05) is 0 Å². The minimum Gasteiger partial charge on any atom is -0.508 e. The van der Waals surface area contributed by atoms with Crippen LogP contribution in [0, 0.1) is 0 Å². The second-order valence-electron chi connectivity index (χ2n) is 7.30. The smallest absolute Gasteiger partial charge is 0.197 e. The Balaban J connectivity index is 1.96. The van der Waals surface area contributed by atoms with Crippen LogP contribution in [-0.2, 0) is 4.74 Å². The fraction of sp³-hybridized carbons (Fsp3) is 0.286. The lowest BCUT2D eigenvalue weighted by molar-refractivity contribution is -0.231. The van der Waals surface area contributed by atoms with Crippen LogP contribution in [0.2, 0.25) is 0 Å². The summed E-state index contributed by atoms with van der Waals surface area (Å²) in [6.45, 7) is -0.694. The number of hydrogen-bond donors (Lipinski definition) is 7. The first kappa shape index (κ1) is 21.1. The van der Waals surface area contributed by atoms with Crippen LogP contribution in [0.4, 0.5) is 0 Å². The highest BCUT2D eigenvalue weighted by molar-refractivity contribution is 5.89. The molecule has 5 atom stereocenters. The number of rotatable bonds is 3. The summed E-state index contributed by atoms with van der Waals surface area (Å²) < 4.78 is 11.3. The standard InChI is InChI=1S/C21H20O10/c22-7-14-17(27)18(28)19(29)21(31-14)16-11(25)5-10(24)15-12(26)6-13(30-20(15)16)8-1-3-9(23)4-2-8/h1-6,14,17-19,21-25,27-29H,7H2/t14?,17-,18-,19?,21+/m1/s1. The number of phenols is 3. The average molecular weight is 432 g/mol. The Hall–Kier alpha value is -3.15. The van der Waals surface area contributed by atoms with E-state index in [0.29, 0.717) is 5.56 Å². The lowest BCUT2D eigenvalue weighted by atomic mass is 9.89. The van der Waals surface area contributed by atoms with Crippen molar-refractivity contribution >= 4 is 11.0 Å². The first-order chi connectivity index (χ1) is 14.7. The number of fused-ring (bicyclic) bond motifs is 1. The van der Waals surface area contributed by atoms with E-state index in [1.54, 1.807) is 0 Å². The van der Waals surface area contributed by atoms with Gasteiger partial charge in [-0.2, -0.15) is 0 Å². The van der Waals surface area contributed by atoms with E-state index in [2.05, 4.69) is 0 Å². The summed E-state index contributed by atoms with van der Waals surface area (Å²) in [6, 6.07) is 7.69. The molecule has 1 aliphatic rings. The van der Waals surface area contributed by atoms with Crippen LogP contribution in [0.3, 0.4) is 0 Å². The molecule has 3 aromatic rings. The van der Waals surface area contributed by atoms with Gasteiger partial charge in [-0.25, -0.2) is 0 Å². The van der Waals surface area contributed by atoms with Crippen molar-refractivity contribution in [2.45, 2.75) is 30.5 Å². The summed E-state index contributed by atoms with van der Waals surface area (Å²) in [6.07, 6.45) is -7.87. The summed E-state index contributed by atoms with van der Waals surface area (Å²) in [5.74, 6) is -1.15. The Labute approximate surface area is 174 Å². The van der Waals surface area contributed by atoms with Crippen LogP contribution in [0.5, 0.6) is 17.2 Å². The Kier molecular flexibility index (Phi) is 5.33. The van der Waals surface area contributed by atoms with Gasteiger partial charge >= 0.3 is 0 Å². The lowest BCUT2D eigenvalue weighted by Gasteiger charge is -2.40. The zero-order chi connectivity index (χ0) is 22.4. The number of aromatic hydroxyl groups is 3. The van der Waals surface area contributed by atoms with Crippen LogP contribution >= 0.6 is 0 Å². The molecule has 2 unspecified atom stereocenters. The number of benzene rings is 2. The second-order valence-corrected chi connectivity index (χ2v) is 7.30. The predicted molar refractivity (Wildman–Crippen MR) is 106 cm³/mol. The zero-order valence-electron chi connectivity index (χ0n) is 15.9. The molecule has 164 valence electrons. The molecule has 1 fully saturated rings. The van der Waals surface area contributed by atoms with E-state index in [4.69, 9.17) is 9.15 Å². The van der Waals surface area contributed by atoms with Gasteiger partial charge in [-0.05, 0) is 24.3 Å². The SMILES string of the molecule is O=c1cc(-c2ccc(O)cc2)oc2c([C@@H]3OC(CO)[C@@H](O)[C@@H](O)C3O)c(O)cc(O)c12. The largest absolute Gasteiger partial charge is 0.508 e. The molecule has 2 heterocycles. The van der Waals surface area contributed by atoms with Gasteiger partial charge in [-0.1, -0.05) is 0 Å². The van der Waals surface area contributed by atoms with Crippen LogP contribution in [0.15, 0.2) is 45.6 Å². The first-order valence-corrected chi connectivity index (χ1v) is 9.35. The van der Waals surface area contributed by atoms with Crippen molar-refractivity contribution < 1.29 is 44.9 Å². The lowest BCUT2D eigenvalue weighted by Crippen LogP contribution is -2.55. The minimum absolute atomic E-state index is 0.0100. The van der Waals surface area contributed by atoms with Crippen LogP contribution in [0.25, 0.3) is 22.3 Å². The molecule has 0 radical (unpaired) electrons.